The van der Waals surface area contributed by atoms with Crippen molar-refractivity contribution in [3.8, 4) is 5.75 Å². The number of ether oxygens (including phenoxy) is 1. The zero-order chi connectivity index (χ0) is 9.19. The first kappa shape index (κ1) is 9.38. The summed E-state index contributed by atoms with van der Waals surface area (Å²) in [5.41, 5.74) is 0. The molecule has 0 saturated carbocycles. The molecule has 0 spiro atoms. The fourth-order valence-corrected chi connectivity index (χ4v) is 1.52. The summed E-state index contributed by atoms with van der Waals surface area (Å²) in [4.78, 5) is 0.502. The average Bonchev–Trinajstić information content (AvgIpc) is 2.03. The van der Waals surface area contributed by atoms with Gasteiger partial charge in [-0.3, -0.25) is 9.11 Å². The Morgan fingerprint density at radius 2 is 2.00 bits per heavy atom. The van der Waals surface area contributed by atoms with Crippen molar-refractivity contribution in [3.05, 3.63) is 24.3 Å². The van der Waals surface area contributed by atoms with Crippen molar-refractivity contribution in [2.75, 3.05) is 13.4 Å². The second-order valence-electron chi connectivity index (χ2n) is 2.51. The van der Waals surface area contributed by atoms with Crippen LogP contribution in [0.3, 0.4) is 0 Å². The fourth-order valence-electron chi connectivity index (χ4n) is 0.842. The van der Waals surface area contributed by atoms with E-state index in [2.05, 4.69) is 0 Å². The first-order valence-corrected chi connectivity index (χ1v) is 5.37. The van der Waals surface area contributed by atoms with Gasteiger partial charge in [0.1, 0.15) is 5.75 Å². The molecule has 68 valence electrons. The van der Waals surface area contributed by atoms with Gasteiger partial charge in [-0.25, -0.2) is 0 Å². The van der Waals surface area contributed by atoms with Crippen molar-refractivity contribution in [2.45, 2.75) is 4.90 Å². The molecular weight excluding hydrogens is 176 g/mol. The van der Waals surface area contributed by atoms with Crippen molar-refractivity contribution in [3.63, 3.8) is 0 Å². The van der Waals surface area contributed by atoms with Crippen LogP contribution in [0.2, 0.25) is 0 Å². The van der Waals surface area contributed by atoms with E-state index in [-0.39, 0.29) is 0 Å². The zero-order valence-electron chi connectivity index (χ0n) is 7.02. The number of rotatable bonds is 2. The Morgan fingerprint density at radius 1 is 1.33 bits per heavy atom. The van der Waals surface area contributed by atoms with Gasteiger partial charge in [-0.1, -0.05) is 6.07 Å². The lowest BCUT2D eigenvalue weighted by atomic mass is 10.3. The highest BCUT2D eigenvalue weighted by molar-refractivity contribution is 8.23. The summed E-state index contributed by atoms with van der Waals surface area (Å²) >= 11 is 0. The van der Waals surface area contributed by atoms with Crippen LogP contribution in [-0.4, -0.2) is 22.5 Å². The third kappa shape index (κ3) is 2.14. The van der Waals surface area contributed by atoms with Gasteiger partial charge < -0.3 is 4.74 Å². The van der Waals surface area contributed by atoms with Gasteiger partial charge in [-0.05, 0) is 12.1 Å². The molecule has 0 unspecified atom stereocenters. The molecule has 0 radical (unpaired) electrons. The molecule has 4 heteroatoms. The molecule has 0 atom stereocenters. The van der Waals surface area contributed by atoms with Gasteiger partial charge in [-0.2, -0.15) is 10.6 Å². The molecule has 0 aliphatic rings. The number of methoxy groups -OCH3 is 1. The highest BCUT2D eigenvalue weighted by atomic mass is 32.3. The van der Waals surface area contributed by atoms with Crippen molar-refractivity contribution >= 4 is 10.6 Å². The SMILES string of the molecule is COc1cccc(S(C)(O)O)c1. The van der Waals surface area contributed by atoms with Crippen molar-refractivity contribution < 1.29 is 13.8 Å². The highest BCUT2D eigenvalue weighted by Crippen LogP contribution is 2.44. The molecule has 0 aromatic heterocycles. The number of hydrogen-bond acceptors (Lipinski definition) is 3. The van der Waals surface area contributed by atoms with E-state index in [0.717, 1.165) is 0 Å². The minimum absolute atomic E-state index is 0.502. The van der Waals surface area contributed by atoms with E-state index < -0.39 is 10.6 Å². The molecule has 0 aliphatic carbocycles. The smallest absolute Gasteiger partial charge is 0.120 e. The minimum Gasteiger partial charge on any atom is -0.497 e. The van der Waals surface area contributed by atoms with Gasteiger partial charge in [0.15, 0.2) is 0 Å². The van der Waals surface area contributed by atoms with Crippen LogP contribution >= 0.6 is 10.6 Å². The topological polar surface area (TPSA) is 49.7 Å². The predicted molar refractivity (Wildman–Crippen MR) is 50.0 cm³/mol. The van der Waals surface area contributed by atoms with Crippen LogP contribution in [0.15, 0.2) is 29.2 Å². The van der Waals surface area contributed by atoms with E-state index in [1.54, 1.807) is 31.4 Å². The largest absolute Gasteiger partial charge is 0.497 e. The Kier molecular flexibility index (Phi) is 2.62. The van der Waals surface area contributed by atoms with Gasteiger partial charge in [-0.15, -0.1) is 0 Å². The maximum absolute atomic E-state index is 9.29. The summed E-state index contributed by atoms with van der Waals surface area (Å²) in [5.74, 6) is 0.634. The average molecular weight is 188 g/mol. The van der Waals surface area contributed by atoms with Crippen LogP contribution in [0.5, 0.6) is 5.75 Å². The van der Waals surface area contributed by atoms with Crippen LogP contribution in [0, 0.1) is 0 Å². The summed E-state index contributed by atoms with van der Waals surface area (Å²) in [6.45, 7) is 0. The normalized spacial score (nSPS) is 12.7. The Morgan fingerprint density at radius 3 is 2.50 bits per heavy atom. The molecule has 2 N–H and O–H groups in total. The molecule has 0 heterocycles. The lowest BCUT2D eigenvalue weighted by molar-refractivity contribution is 0.412. The number of hydrogen-bond donors (Lipinski definition) is 2. The predicted octanol–water partition coefficient (Wildman–Crippen LogP) is 2.43. The molecule has 0 saturated heterocycles. The Balaban J connectivity index is 3.02. The maximum atomic E-state index is 9.29. The van der Waals surface area contributed by atoms with Crippen LogP contribution < -0.4 is 4.74 Å². The third-order valence-corrected chi connectivity index (χ3v) is 2.63. The maximum Gasteiger partial charge on any atom is 0.120 e. The third-order valence-electron chi connectivity index (χ3n) is 1.49. The second kappa shape index (κ2) is 3.35. The second-order valence-corrected chi connectivity index (χ2v) is 4.65. The lowest BCUT2D eigenvalue weighted by Crippen LogP contribution is -1.94. The molecule has 12 heavy (non-hydrogen) atoms. The minimum atomic E-state index is -2.62. The lowest BCUT2D eigenvalue weighted by Gasteiger charge is -2.26. The molecular formula is C8H12O3S. The summed E-state index contributed by atoms with van der Waals surface area (Å²) in [7, 11) is -1.07. The van der Waals surface area contributed by atoms with Crippen LogP contribution in [0.4, 0.5) is 0 Å². The molecule has 0 bridgehead atoms. The van der Waals surface area contributed by atoms with Crippen LogP contribution in [-0.2, 0) is 0 Å². The first-order valence-electron chi connectivity index (χ1n) is 3.41. The number of benzene rings is 1. The molecule has 0 fully saturated rings. The van der Waals surface area contributed by atoms with E-state index in [1.807, 2.05) is 0 Å². The summed E-state index contributed by atoms with van der Waals surface area (Å²) < 4.78 is 23.5. The van der Waals surface area contributed by atoms with Crippen molar-refractivity contribution in [2.24, 2.45) is 0 Å². The van der Waals surface area contributed by atoms with E-state index in [4.69, 9.17) is 4.74 Å². The van der Waals surface area contributed by atoms with E-state index in [9.17, 15) is 9.11 Å². The Hall–Kier alpha value is -0.710. The Labute approximate surface area is 73.3 Å². The molecule has 0 aliphatic heterocycles. The monoisotopic (exact) mass is 188 g/mol. The van der Waals surface area contributed by atoms with Crippen molar-refractivity contribution in [1.29, 1.82) is 0 Å². The zero-order valence-corrected chi connectivity index (χ0v) is 7.84. The fraction of sp³-hybridized carbons (Fsp3) is 0.250. The van der Waals surface area contributed by atoms with Gasteiger partial charge >= 0.3 is 0 Å². The molecule has 1 aromatic carbocycles. The molecule has 3 nitrogen and oxygen atoms in total. The van der Waals surface area contributed by atoms with E-state index in [0.29, 0.717) is 10.6 Å². The summed E-state index contributed by atoms with van der Waals surface area (Å²) in [5, 5.41) is 0. The highest BCUT2D eigenvalue weighted by Gasteiger charge is 2.08. The first-order chi connectivity index (χ1) is 5.54. The summed E-state index contributed by atoms with van der Waals surface area (Å²) in [6.07, 6.45) is 1.39. The molecule has 1 aromatic rings. The van der Waals surface area contributed by atoms with E-state index >= 15 is 0 Å². The summed E-state index contributed by atoms with van der Waals surface area (Å²) in [6, 6.07) is 6.77. The standard InChI is InChI=1S/C8H12O3S/c1-11-7-4-3-5-8(6-7)12(2,9)10/h3-6,9-10H,1-2H3. The van der Waals surface area contributed by atoms with Gasteiger partial charge in [0.25, 0.3) is 0 Å². The molecule has 1 rings (SSSR count). The quantitative estimate of drug-likeness (QED) is 0.749. The Bertz CT molecular complexity index is 267. The van der Waals surface area contributed by atoms with Gasteiger partial charge in [0.05, 0.1) is 12.0 Å². The van der Waals surface area contributed by atoms with E-state index in [1.165, 1.54) is 6.26 Å². The van der Waals surface area contributed by atoms with Crippen LogP contribution in [0.25, 0.3) is 0 Å². The molecule has 0 amide bonds. The van der Waals surface area contributed by atoms with Gasteiger partial charge in [0, 0.05) is 12.3 Å². The van der Waals surface area contributed by atoms with Gasteiger partial charge in [0.2, 0.25) is 0 Å². The van der Waals surface area contributed by atoms with Crippen molar-refractivity contribution in [1.82, 2.24) is 0 Å². The van der Waals surface area contributed by atoms with Crippen LogP contribution in [0.1, 0.15) is 0 Å².